The fourth-order valence-electron chi connectivity index (χ4n) is 3.11. The number of nitrogens with two attached hydrogens (primary N) is 1. The fourth-order valence-corrected chi connectivity index (χ4v) is 3.11. The Balaban J connectivity index is 1.89. The number of rotatable bonds is 6. The van der Waals surface area contributed by atoms with E-state index >= 15 is 0 Å². The molecule has 0 aromatic heterocycles. The van der Waals surface area contributed by atoms with E-state index in [0.717, 1.165) is 25.8 Å². The number of hydrogen-bond donors (Lipinski definition) is 3. The van der Waals surface area contributed by atoms with Gasteiger partial charge in [-0.1, -0.05) is 30.3 Å². The normalized spacial score (nSPS) is 27.4. The molecule has 0 atom stereocenters. The molecule has 1 aromatic carbocycles. The summed E-state index contributed by atoms with van der Waals surface area (Å²) in [5.41, 5.74) is 7.54. The van der Waals surface area contributed by atoms with Gasteiger partial charge in [-0.25, -0.2) is 0 Å². The summed E-state index contributed by atoms with van der Waals surface area (Å²) in [6, 6.07) is 10.8. The second-order valence-electron chi connectivity index (χ2n) is 5.67. The Morgan fingerprint density at radius 3 is 2.47 bits per heavy atom. The SMILES string of the molecule is NCC1(NCCCO)CCC(c2ccccc2)CC1. The molecule has 1 saturated carbocycles. The molecule has 0 aliphatic heterocycles. The summed E-state index contributed by atoms with van der Waals surface area (Å²) in [5.74, 6) is 0.681. The number of benzene rings is 1. The first-order valence-corrected chi connectivity index (χ1v) is 7.40. The fraction of sp³-hybridized carbons (Fsp3) is 0.625. The van der Waals surface area contributed by atoms with Crippen molar-refractivity contribution in [3.05, 3.63) is 35.9 Å². The molecule has 3 nitrogen and oxygen atoms in total. The second-order valence-corrected chi connectivity index (χ2v) is 5.67. The Labute approximate surface area is 116 Å². The lowest BCUT2D eigenvalue weighted by Gasteiger charge is -2.40. The second kappa shape index (κ2) is 7.04. The Hall–Kier alpha value is -0.900. The molecule has 1 aromatic rings. The van der Waals surface area contributed by atoms with Crippen LogP contribution in [-0.2, 0) is 0 Å². The molecule has 106 valence electrons. The van der Waals surface area contributed by atoms with Crippen molar-refractivity contribution >= 4 is 0 Å². The van der Waals surface area contributed by atoms with E-state index < -0.39 is 0 Å². The molecule has 0 amide bonds. The molecule has 19 heavy (non-hydrogen) atoms. The van der Waals surface area contributed by atoms with Gasteiger partial charge in [0.25, 0.3) is 0 Å². The third kappa shape index (κ3) is 3.78. The summed E-state index contributed by atoms with van der Waals surface area (Å²) in [5, 5.41) is 12.4. The Bertz CT molecular complexity index is 358. The molecule has 2 rings (SSSR count). The van der Waals surface area contributed by atoms with Gasteiger partial charge in [0, 0.05) is 18.7 Å². The van der Waals surface area contributed by atoms with Crippen molar-refractivity contribution in [2.45, 2.75) is 43.6 Å². The van der Waals surface area contributed by atoms with Crippen molar-refractivity contribution in [2.24, 2.45) is 5.73 Å². The van der Waals surface area contributed by atoms with Crippen LogP contribution >= 0.6 is 0 Å². The molecular weight excluding hydrogens is 236 g/mol. The molecule has 0 bridgehead atoms. The van der Waals surface area contributed by atoms with E-state index in [2.05, 4.69) is 35.6 Å². The topological polar surface area (TPSA) is 58.3 Å². The van der Waals surface area contributed by atoms with Crippen LogP contribution in [0.15, 0.2) is 30.3 Å². The van der Waals surface area contributed by atoms with E-state index in [1.54, 1.807) is 0 Å². The van der Waals surface area contributed by atoms with Crippen molar-refractivity contribution in [2.75, 3.05) is 19.7 Å². The summed E-state index contributed by atoms with van der Waals surface area (Å²) in [6.07, 6.45) is 5.48. The molecule has 1 aliphatic rings. The van der Waals surface area contributed by atoms with Gasteiger partial charge in [0.2, 0.25) is 0 Å². The Morgan fingerprint density at radius 2 is 1.89 bits per heavy atom. The van der Waals surface area contributed by atoms with Crippen molar-refractivity contribution in [3.63, 3.8) is 0 Å². The lowest BCUT2D eigenvalue weighted by Crippen LogP contribution is -2.53. The van der Waals surface area contributed by atoms with E-state index in [4.69, 9.17) is 10.8 Å². The maximum atomic E-state index is 8.87. The monoisotopic (exact) mass is 262 g/mol. The van der Waals surface area contributed by atoms with Crippen LogP contribution in [-0.4, -0.2) is 30.3 Å². The zero-order chi connectivity index (χ0) is 13.6. The average Bonchev–Trinajstić information content (AvgIpc) is 2.49. The van der Waals surface area contributed by atoms with Crippen LogP contribution in [0.2, 0.25) is 0 Å². The quantitative estimate of drug-likeness (QED) is 0.687. The van der Waals surface area contributed by atoms with Gasteiger partial charge in [0.05, 0.1) is 0 Å². The third-order valence-corrected chi connectivity index (χ3v) is 4.44. The highest BCUT2D eigenvalue weighted by Gasteiger charge is 2.33. The van der Waals surface area contributed by atoms with Crippen molar-refractivity contribution in [1.29, 1.82) is 0 Å². The molecule has 3 heteroatoms. The van der Waals surface area contributed by atoms with Crippen LogP contribution in [0.25, 0.3) is 0 Å². The van der Waals surface area contributed by atoms with Crippen molar-refractivity contribution in [1.82, 2.24) is 5.32 Å². The minimum absolute atomic E-state index is 0.0977. The number of aliphatic hydroxyl groups excluding tert-OH is 1. The molecular formula is C16H26N2O. The predicted octanol–water partition coefficient (Wildman–Crippen LogP) is 2.01. The smallest absolute Gasteiger partial charge is 0.0443 e. The molecule has 4 N–H and O–H groups in total. The van der Waals surface area contributed by atoms with Gasteiger partial charge in [-0.3, -0.25) is 0 Å². The lowest BCUT2D eigenvalue weighted by molar-refractivity contribution is 0.211. The number of hydrogen-bond acceptors (Lipinski definition) is 3. The van der Waals surface area contributed by atoms with E-state index in [1.165, 1.54) is 18.4 Å². The van der Waals surface area contributed by atoms with Crippen LogP contribution in [0, 0.1) is 0 Å². The van der Waals surface area contributed by atoms with Crippen LogP contribution in [0.5, 0.6) is 0 Å². The highest BCUT2D eigenvalue weighted by atomic mass is 16.3. The zero-order valence-corrected chi connectivity index (χ0v) is 11.6. The standard InChI is InChI=1S/C16H26N2O/c17-13-16(18-11-4-12-19)9-7-15(8-10-16)14-5-2-1-3-6-14/h1-3,5-6,15,18-19H,4,7-13,17H2. The first-order chi connectivity index (χ1) is 9.29. The summed E-state index contributed by atoms with van der Waals surface area (Å²) < 4.78 is 0. The summed E-state index contributed by atoms with van der Waals surface area (Å²) in [7, 11) is 0. The van der Waals surface area contributed by atoms with Gasteiger partial charge in [-0.2, -0.15) is 0 Å². The number of aliphatic hydroxyl groups is 1. The van der Waals surface area contributed by atoms with Gasteiger partial charge >= 0.3 is 0 Å². The Kier molecular flexibility index (Phi) is 5.37. The largest absolute Gasteiger partial charge is 0.396 e. The predicted molar refractivity (Wildman–Crippen MR) is 79.1 cm³/mol. The summed E-state index contributed by atoms with van der Waals surface area (Å²) >= 11 is 0. The lowest BCUT2D eigenvalue weighted by atomic mass is 9.74. The maximum Gasteiger partial charge on any atom is 0.0443 e. The molecule has 1 fully saturated rings. The van der Waals surface area contributed by atoms with Crippen molar-refractivity contribution in [3.8, 4) is 0 Å². The molecule has 0 saturated heterocycles. The summed E-state index contributed by atoms with van der Waals surface area (Å²) in [4.78, 5) is 0. The highest BCUT2D eigenvalue weighted by molar-refractivity contribution is 5.20. The molecule has 0 spiro atoms. The molecule has 0 unspecified atom stereocenters. The van der Waals surface area contributed by atoms with Crippen LogP contribution < -0.4 is 11.1 Å². The molecule has 0 heterocycles. The third-order valence-electron chi connectivity index (χ3n) is 4.44. The minimum Gasteiger partial charge on any atom is -0.396 e. The minimum atomic E-state index is 0.0977. The maximum absolute atomic E-state index is 8.87. The van der Waals surface area contributed by atoms with Gasteiger partial charge in [-0.05, 0) is 50.1 Å². The van der Waals surface area contributed by atoms with Crippen LogP contribution in [0.3, 0.4) is 0 Å². The van der Waals surface area contributed by atoms with E-state index in [0.29, 0.717) is 12.5 Å². The van der Waals surface area contributed by atoms with Gasteiger partial charge in [-0.15, -0.1) is 0 Å². The van der Waals surface area contributed by atoms with Gasteiger partial charge in [0.15, 0.2) is 0 Å². The van der Waals surface area contributed by atoms with Crippen LogP contribution in [0.4, 0.5) is 0 Å². The van der Waals surface area contributed by atoms with Gasteiger partial charge in [0.1, 0.15) is 0 Å². The molecule has 1 aliphatic carbocycles. The van der Waals surface area contributed by atoms with E-state index in [9.17, 15) is 0 Å². The molecule has 0 radical (unpaired) electrons. The van der Waals surface area contributed by atoms with Gasteiger partial charge < -0.3 is 16.2 Å². The van der Waals surface area contributed by atoms with Crippen molar-refractivity contribution < 1.29 is 5.11 Å². The highest BCUT2D eigenvalue weighted by Crippen LogP contribution is 2.37. The first-order valence-electron chi connectivity index (χ1n) is 7.40. The van der Waals surface area contributed by atoms with E-state index in [-0.39, 0.29) is 12.1 Å². The Morgan fingerprint density at radius 1 is 1.21 bits per heavy atom. The first kappa shape index (κ1) is 14.5. The average molecular weight is 262 g/mol. The van der Waals surface area contributed by atoms with Crippen LogP contribution in [0.1, 0.15) is 43.6 Å². The zero-order valence-electron chi connectivity index (χ0n) is 11.6. The van der Waals surface area contributed by atoms with E-state index in [1.807, 2.05) is 0 Å². The number of nitrogens with one attached hydrogen (secondary N) is 1. The summed E-state index contributed by atoms with van der Waals surface area (Å²) in [6.45, 7) is 1.81.